The molecule has 4 nitrogen and oxygen atoms in total. The Balaban J connectivity index is 0.919. The average molecular weight is 760 g/mol. The Hall–Kier alpha value is -7.21. The van der Waals surface area contributed by atoms with Gasteiger partial charge in [-0.15, -0.1) is 11.3 Å². The smallest absolute Gasteiger partial charge is 0.165 e. The Kier molecular flexibility index (Phi) is 7.50. The highest BCUT2D eigenvalue weighted by atomic mass is 32.1. The number of ether oxygens (including phenoxy) is 1. The molecule has 58 heavy (non-hydrogen) atoms. The molecule has 12 rings (SSSR count). The number of thiophene rings is 1. The van der Waals surface area contributed by atoms with Gasteiger partial charge in [-0.25, -0.2) is 15.0 Å². The fourth-order valence-corrected chi connectivity index (χ4v) is 10.1. The summed E-state index contributed by atoms with van der Waals surface area (Å²) >= 11 is 1.78. The molecule has 0 saturated heterocycles. The summed E-state index contributed by atoms with van der Waals surface area (Å²) in [5, 5.41) is 7.53. The van der Waals surface area contributed by atoms with Crippen LogP contribution in [0.2, 0.25) is 0 Å². The second kappa shape index (κ2) is 13.2. The van der Waals surface area contributed by atoms with Crippen LogP contribution in [-0.4, -0.2) is 21.1 Å². The number of hydrogen-bond donors (Lipinski definition) is 0. The minimum Gasteiger partial charge on any atom is -0.485 e. The molecule has 0 fully saturated rings. The molecule has 0 N–H and O–H groups in total. The van der Waals surface area contributed by atoms with Crippen molar-refractivity contribution in [2.45, 2.75) is 12.0 Å². The number of hydrogen-bond acceptors (Lipinski definition) is 5. The topological polar surface area (TPSA) is 47.9 Å². The van der Waals surface area contributed by atoms with Crippen molar-refractivity contribution in [3.8, 4) is 51.0 Å². The van der Waals surface area contributed by atoms with Crippen molar-refractivity contribution < 1.29 is 4.74 Å². The van der Waals surface area contributed by atoms with E-state index in [9.17, 15) is 0 Å². The van der Waals surface area contributed by atoms with Crippen LogP contribution in [0.25, 0.3) is 92.6 Å². The van der Waals surface area contributed by atoms with Gasteiger partial charge in [0, 0.05) is 48.3 Å². The molecule has 5 heteroatoms. The molecule has 2 aromatic heterocycles. The first-order chi connectivity index (χ1) is 28.7. The Morgan fingerprint density at radius 1 is 0.466 bits per heavy atom. The van der Waals surface area contributed by atoms with Gasteiger partial charge in [-0.05, 0) is 74.1 Å². The molecule has 2 atom stereocenters. The average Bonchev–Trinajstić information content (AvgIpc) is 3.87. The number of nitrogens with zero attached hydrogens (tertiary/aromatic N) is 3. The predicted octanol–water partition coefficient (Wildman–Crippen LogP) is 13.7. The summed E-state index contributed by atoms with van der Waals surface area (Å²) in [4.78, 5) is 15.3. The molecule has 272 valence electrons. The Labute approximate surface area is 339 Å². The van der Waals surface area contributed by atoms with Gasteiger partial charge in [-0.3, -0.25) is 0 Å². The lowest BCUT2D eigenvalue weighted by Gasteiger charge is -2.20. The molecule has 0 saturated carbocycles. The number of aromatic nitrogens is 3. The summed E-state index contributed by atoms with van der Waals surface area (Å²) < 4.78 is 9.00. The Bertz CT molecular complexity index is 3330. The van der Waals surface area contributed by atoms with Crippen LogP contribution in [0.5, 0.6) is 5.75 Å². The van der Waals surface area contributed by atoms with Crippen LogP contribution in [0.4, 0.5) is 0 Å². The highest BCUT2D eigenvalue weighted by Crippen LogP contribution is 2.48. The Morgan fingerprint density at radius 3 is 2.00 bits per heavy atom. The molecule has 8 aromatic carbocycles. The lowest BCUT2D eigenvalue weighted by atomic mass is 9.83. The number of rotatable bonds is 5. The summed E-state index contributed by atoms with van der Waals surface area (Å²) in [5.74, 6) is 2.99. The summed E-state index contributed by atoms with van der Waals surface area (Å²) in [7, 11) is 0. The highest BCUT2D eigenvalue weighted by Gasteiger charge is 2.35. The molecule has 0 radical (unpaired) electrons. The largest absolute Gasteiger partial charge is 0.485 e. The zero-order chi connectivity index (χ0) is 38.2. The van der Waals surface area contributed by atoms with Gasteiger partial charge in [0.2, 0.25) is 0 Å². The minimum absolute atomic E-state index is 0.0472. The van der Waals surface area contributed by atoms with E-state index >= 15 is 0 Å². The summed E-state index contributed by atoms with van der Waals surface area (Å²) in [6.07, 6.45) is 6.79. The van der Waals surface area contributed by atoms with E-state index in [-0.39, 0.29) is 12.0 Å². The quantitative estimate of drug-likeness (QED) is 0.164. The standard InChI is InChI=1S/C53H33N3OS/c1-2-11-34(12-3-1)51-54-52(56-53(55-51)44-17-8-16-43-42-14-6-7-19-48(42)58-50(43)44)35-23-20-33(21-24-35)41-15-9-18-47-49(41)45-31-37(27-29-46(45)57-47)36-26-28-40-38(30-36)25-22-32-10-4-5-13-39(32)40/h1-31,45-46H. The van der Waals surface area contributed by atoms with Gasteiger partial charge in [0.25, 0.3) is 0 Å². The fraction of sp³-hybridized carbons (Fsp3) is 0.0377. The van der Waals surface area contributed by atoms with Crippen molar-refractivity contribution in [3.05, 3.63) is 199 Å². The second-order valence-electron chi connectivity index (χ2n) is 15.1. The van der Waals surface area contributed by atoms with Crippen molar-refractivity contribution in [1.82, 2.24) is 15.0 Å². The summed E-state index contributed by atoms with van der Waals surface area (Å²) in [6, 6.07) is 60.1. The summed E-state index contributed by atoms with van der Waals surface area (Å²) in [6.45, 7) is 0. The van der Waals surface area contributed by atoms with Gasteiger partial charge in [0.05, 0.1) is 0 Å². The van der Waals surface area contributed by atoms with Crippen LogP contribution < -0.4 is 4.74 Å². The molecular weight excluding hydrogens is 727 g/mol. The van der Waals surface area contributed by atoms with E-state index in [4.69, 9.17) is 19.7 Å². The maximum absolute atomic E-state index is 6.57. The van der Waals surface area contributed by atoms with Crippen LogP contribution in [0.15, 0.2) is 188 Å². The number of fused-ring (bicyclic) bond motifs is 9. The maximum atomic E-state index is 6.57. The van der Waals surface area contributed by atoms with Gasteiger partial charge in [-0.1, -0.05) is 158 Å². The van der Waals surface area contributed by atoms with E-state index in [1.165, 1.54) is 64.0 Å². The van der Waals surface area contributed by atoms with Crippen molar-refractivity contribution in [2.75, 3.05) is 0 Å². The molecular formula is C53H33N3OS. The molecule has 2 aliphatic rings. The number of benzene rings is 8. The van der Waals surface area contributed by atoms with Crippen LogP contribution in [0.3, 0.4) is 0 Å². The lowest BCUT2D eigenvalue weighted by molar-refractivity contribution is 0.269. The van der Waals surface area contributed by atoms with E-state index in [1.807, 2.05) is 18.2 Å². The highest BCUT2D eigenvalue weighted by molar-refractivity contribution is 7.26. The van der Waals surface area contributed by atoms with Crippen molar-refractivity contribution in [2.24, 2.45) is 0 Å². The van der Waals surface area contributed by atoms with Gasteiger partial charge < -0.3 is 4.74 Å². The molecule has 10 aromatic rings. The molecule has 3 heterocycles. The molecule has 1 aliphatic carbocycles. The van der Waals surface area contributed by atoms with E-state index < -0.39 is 0 Å². The van der Waals surface area contributed by atoms with Gasteiger partial charge in [0.1, 0.15) is 11.9 Å². The molecule has 0 amide bonds. The summed E-state index contributed by atoms with van der Waals surface area (Å²) in [5.41, 5.74) is 8.84. The van der Waals surface area contributed by atoms with E-state index in [0.29, 0.717) is 17.5 Å². The normalized spacial score (nSPS) is 15.8. The molecule has 1 aliphatic heterocycles. The SMILES string of the molecule is C1=CC2Oc3cccc(-c4ccc(-c5nc(-c6ccccc6)nc(-c6cccc7c6sc6ccccc67)n5)cc4)c3C2C=C1c1ccc2c(ccc3ccccc32)c1. The lowest BCUT2D eigenvalue weighted by Crippen LogP contribution is -2.17. The minimum atomic E-state index is -0.0472. The van der Waals surface area contributed by atoms with Crippen LogP contribution >= 0.6 is 11.3 Å². The maximum Gasteiger partial charge on any atom is 0.165 e. The zero-order valence-corrected chi connectivity index (χ0v) is 32.0. The van der Waals surface area contributed by atoms with E-state index in [0.717, 1.165) is 28.0 Å². The van der Waals surface area contributed by atoms with E-state index in [2.05, 4.69) is 170 Å². The van der Waals surface area contributed by atoms with E-state index in [1.54, 1.807) is 11.3 Å². The zero-order valence-electron chi connectivity index (χ0n) is 31.2. The van der Waals surface area contributed by atoms with Crippen LogP contribution in [-0.2, 0) is 0 Å². The first-order valence-electron chi connectivity index (χ1n) is 19.7. The number of allylic oxidation sites excluding steroid dienone is 2. The molecule has 0 spiro atoms. The van der Waals surface area contributed by atoms with Gasteiger partial charge >= 0.3 is 0 Å². The third-order valence-corrected chi connectivity index (χ3v) is 12.9. The third kappa shape index (κ3) is 5.39. The first kappa shape index (κ1) is 33.0. The van der Waals surface area contributed by atoms with Crippen molar-refractivity contribution in [3.63, 3.8) is 0 Å². The second-order valence-corrected chi connectivity index (χ2v) is 16.1. The van der Waals surface area contributed by atoms with Crippen LogP contribution in [0.1, 0.15) is 17.0 Å². The monoisotopic (exact) mass is 759 g/mol. The predicted molar refractivity (Wildman–Crippen MR) is 240 cm³/mol. The molecule has 2 unspecified atom stereocenters. The van der Waals surface area contributed by atoms with Crippen molar-refractivity contribution >= 4 is 58.6 Å². The fourth-order valence-electron chi connectivity index (χ4n) is 8.86. The third-order valence-electron chi connectivity index (χ3n) is 11.7. The molecule has 0 bridgehead atoms. The van der Waals surface area contributed by atoms with Crippen LogP contribution in [0, 0.1) is 0 Å². The Morgan fingerprint density at radius 2 is 1.12 bits per heavy atom. The van der Waals surface area contributed by atoms with Gasteiger partial charge in [0.15, 0.2) is 17.5 Å². The first-order valence-corrected chi connectivity index (χ1v) is 20.5. The van der Waals surface area contributed by atoms with Crippen molar-refractivity contribution in [1.29, 1.82) is 0 Å². The van der Waals surface area contributed by atoms with Gasteiger partial charge in [-0.2, -0.15) is 0 Å².